The molecule has 2 heterocycles. The number of aromatic nitrogens is 5. The monoisotopic (exact) mass is 344 g/mol. The maximum absolute atomic E-state index is 12.2. The first kappa shape index (κ1) is 15.1. The molecule has 1 aromatic carbocycles. The zero-order chi connectivity index (χ0) is 16.5. The van der Waals surface area contributed by atoms with Crippen molar-refractivity contribution >= 4 is 28.5 Å². The van der Waals surface area contributed by atoms with Gasteiger partial charge in [0, 0.05) is 11.1 Å². The second-order valence-corrected chi connectivity index (χ2v) is 6.53. The van der Waals surface area contributed by atoms with E-state index in [9.17, 15) is 4.79 Å². The van der Waals surface area contributed by atoms with Gasteiger partial charge in [-0.3, -0.25) is 4.79 Å². The molecule has 0 radical (unpaired) electrons. The summed E-state index contributed by atoms with van der Waals surface area (Å²) in [4.78, 5) is 12.2. The number of nitrogens with one attached hydrogen (secondary N) is 2. The predicted octanol–water partition coefficient (Wildman–Crippen LogP) is 2.57. The molecule has 2 aromatic heterocycles. The molecule has 8 heteroatoms. The highest BCUT2D eigenvalue weighted by molar-refractivity contribution is 6.30. The second-order valence-electron chi connectivity index (χ2n) is 6.10. The number of anilines is 1. The Balaban J connectivity index is 1.69. The first-order valence-corrected chi connectivity index (χ1v) is 8.41. The molecule has 7 nitrogen and oxygen atoms in total. The van der Waals surface area contributed by atoms with Gasteiger partial charge in [0.15, 0.2) is 16.9 Å². The number of fused-ring (bicyclic) bond motifs is 1. The number of benzene rings is 1. The average molecular weight is 345 g/mol. The lowest BCUT2D eigenvalue weighted by molar-refractivity contribution is 0.667. The first-order chi connectivity index (χ1) is 11.7. The van der Waals surface area contributed by atoms with Crippen LogP contribution in [-0.2, 0) is 6.54 Å². The van der Waals surface area contributed by atoms with Crippen molar-refractivity contribution in [3.63, 3.8) is 0 Å². The number of halogens is 1. The van der Waals surface area contributed by atoms with Crippen LogP contribution in [0.2, 0.25) is 5.02 Å². The first-order valence-electron chi connectivity index (χ1n) is 8.03. The number of hydrogen-bond acceptors (Lipinski definition) is 5. The normalized spacial score (nSPS) is 15.2. The molecule has 2 N–H and O–H groups in total. The van der Waals surface area contributed by atoms with Crippen LogP contribution in [-0.4, -0.2) is 31.2 Å². The van der Waals surface area contributed by atoms with Gasteiger partial charge in [-0.2, -0.15) is 5.10 Å². The van der Waals surface area contributed by atoms with E-state index in [1.54, 1.807) is 4.68 Å². The van der Waals surface area contributed by atoms with E-state index in [2.05, 4.69) is 25.8 Å². The van der Waals surface area contributed by atoms with Crippen LogP contribution >= 0.6 is 11.6 Å². The maximum Gasteiger partial charge on any atom is 0.292 e. The Kier molecular flexibility index (Phi) is 3.93. The van der Waals surface area contributed by atoms with Gasteiger partial charge in [0.1, 0.15) is 0 Å². The molecular formula is C16H17ClN6O. The van der Waals surface area contributed by atoms with Crippen molar-refractivity contribution in [2.24, 2.45) is 0 Å². The van der Waals surface area contributed by atoms with Gasteiger partial charge in [-0.25, -0.2) is 9.78 Å². The van der Waals surface area contributed by atoms with Gasteiger partial charge in [-0.1, -0.05) is 41.8 Å². The smallest absolute Gasteiger partial charge is 0.292 e. The zero-order valence-electron chi connectivity index (χ0n) is 13.0. The van der Waals surface area contributed by atoms with Crippen LogP contribution in [0.3, 0.4) is 0 Å². The summed E-state index contributed by atoms with van der Waals surface area (Å²) in [6.45, 7) is 0.448. The van der Waals surface area contributed by atoms with Crippen LogP contribution in [0.5, 0.6) is 0 Å². The lowest BCUT2D eigenvalue weighted by atomic mass is 10.2. The number of nitrogens with zero attached hydrogens (tertiary/aromatic N) is 4. The van der Waals surface area contributed by atoms with E-state index in [0.29, 0.717) is 34.5 Å². The highest BCUT2D eigenvalue weighted by Crippen LogP contribution is 2.23. The van der Waals surface area contributed by atoms with E-state index in [1.807, 2.05) is 24.3 Å². The fraction of sp³-hybridized carbons (Fsp3) is 0.375. The topological polar surface area (TPSA) is 88.5 Å². The molecule has 0 aliphatic heterocycles. The van der Waals surface area contributed by atoms with Crippen molar-refractivity contribution in [2.75, 3.05) is 5.32 Å². The van der Waals surface area contributed by atoms with Crippen molar-refractivity contribution in [3.8, 4) is 0 Å². The van der Waals surface area contributed by atoms with Gasteiger partial charge in [0.25, 0.3) is 5.56 Å². The summed E-state index contributed by atoms with van der Waals surface area (Å²) >= 11 is 5.91. The molecular weight excluding hydrogens is 328 g/mol. The van der Waals surface area contributed by atoms with Crippen molar-refractivity contribution in [1.29, 1.82) is 0 Å². The van der Waals surface area contributed by atoms with Crippen molar-refractivity contribution in [3.05, 3.63) is 45.2 Å². The summed E-state index contributed by atoms with van der Waals surface area (Å²) in [6.07, 6.45) is 4.66. The molecule has 0 spiro atoms. The summed E-state index contributed by atoms with van der Waals surface area (Å²) in [6, 6.07) is 7.82. The molecule has 24 heavy (non-hydrogen) atoms. The van der Waals surface area contributed by atoms with Crippen LogP contribution in [0, 0.1) is 0 Å². The third-order valence-corrected chi connectivity index (χ3v) is 4.64. The zero-order valence-corrected chi connectivity index (χ0v) is 13.8. The van der Waals surface area contributed by atoms with Crippen molar-refractivity contribution in [1.82, 2.24) is 25.2 Å². The Morgan fingerprint density at radius 2 is 2.00 bits per heavy atom. The van der Waals surface area contributed by atoms with Crippen molar-refractivity contribution < 1.29 is 0 Å². The standard InChI is InChI=1S/C16H17ClN6O/c17-11-7-5-10(6-8-11)9-23-14-13(19-22-23)15(20-21-16(14)24)18-12-3-1-2-4-12/h5-8,12H,1-4,9H2,(H,18,20)(H,21,24). The van der Waals surface area contributed by atoms with Crippen LogP contribution in [0.4, 0.5) is 5.82 Å². The SMILES string of the molecule is O=c1[nH]nc(NC2CCCC2)c2nnn(Cc3ccc(Cl)cc3)c12. The molecule has 1 fully saturated rings. The summed E-state index contributed by atoms with van der Waals surface area (Å²) in [5, 5.41) is 19.0. The highest BCUT2D eigenvalue weighted by Gasteiger charge is 2.20. The molecule has 4 rings (SSSR count). The highest BCUT2D eigenvalue weighted by atomic mass is 35.5. The molecule has 0 unspecified atom stereocenters. The van der Waals surface area contributed by atoms with E-state index in [4.69, 9.17) is 11.6 Å². The number of hydrogen-bond donors (Lipinski definition) is 2. The molecule has 0 atom stereocenters. The molecule has 0 saturated heterocycles. The fourth-order valence-electron chi connectivity index (χ4n) is 3.15. The van der Waals surface area contributed by atoms with Gasteiger partial charge < -0.3 is 5.32 Å². The summed E-state index contributed by atoms with van der Waals surface area (Å²) in [7, 11) is 0. The Labute approximate surface area is 143 Å². The van der Waals surface area contributed by atoms with Crippen LogP contribution in [0.15, 0.2) is 29.1 Å². The minimum absolute atomic E-state index is 0.291. The van der Waals surface area contributed by atoms with Gasteiger partial charge in [-0.15, -0.1) is 5.10 Å². The van der Waals surface area contributed by atoms with E-state index < -0.39 is 0 Å². The fourth-order valence-corrected chi connectivity index (χ4v) is 3.27. The largest absolute Gasteiger partial charge is 0.364 e. The van der Waals surface area contributed by atoms with Crippen LogP contribution in [0.25, 0.3) is 11.0 Å². The maximum atomic E-state index is 12.2. The Morgan fingerprint density at radius 3 is 2.75 bits per heavy atom. The van der Waals surface area contributed by atoms with Crippen LogP contribution in [0.1, 0.15) is 31.2 Å². The summed E-state index contributed by atoms with van der Waals surface area (Å²) in [5.41, 5.74) is 1.65. The second kappa shape index (κ2) is 6.24. The Bertz CT molecular complexity index is 910. The third kappa shape index (κ3) is 2.87. The minimum Gasteiger partial charge on any atom is -0.364 e. The van der Waals surface area contributed by atoms with E-state index in [1.165, 1.54) is 12.8 Å². The van der Waals surface area contributed by atoms with E-state index in [-0.39, 0.29) is 5.56 Å². The molecule has 1 saturated carbocycles. The minimum atomic E-state index is -0.291. The predicted molar refractivity (Wildman–Crippen MR) is 92.4 cm³/mol. The lowest BCUT2D eigenvalue weighted by Gasteiger charge is -2.11. The number of aromatic amines is 1. The summed E-state index contributed by atoms with van der Waals surface area (Å²) in [5.74, 6) is 0.596. The van der Waals surface area contributed by atoms with Crippen LogP contribution < -0.4 is 10.9 Å². The molecule has 3 aromatic rings. The third-order valence-electron chi connectivity index (χ3n) is 4.39. The quantitative estimate of drug-likeness (QED) is 0.759. The van der Waals surface area contributed by atoms with Gasteiger partial charge >= 0.3 is 0 Å². The van der Waals surface area contributed by atoms with Gasteiger partial charge in [0.05, 0.1) is 6.54 Å². The molecule has 1 aliphatic carbocycles. The lowest BCUT2D eigenvalue weighted by Crippen LogP contribution is -2.20. The Morgan fingerprint density at radius 1 is 1.25 bits per heavy atom. The Hall–Kier alpha value is -2.41. The van der Waals surface area contributed by atoms with Gasteiger partial charge in [0.2, 0.25) is 0 Å². The average Bonchev–Trinajstić information content (AvgIpc) is 3.23. The molecule has 0 amide bonds. The van der Waals surface area contributed by atoms with Gasteiger partial charge in [-0.05, 0) is 30.5 Å². The number of H-pyrrole nitrogens is 1. The molecule has 0 bridgehead atoms. The van der Waals surface area contributed by atoms with E-state index in [0.717, 1.165) is 18.4 Å². The molecule has 1 aliphatic rings. The number of rotatable bonds is 4. The summed E-state index contributed by atoms with van der Waals surface area (Å²) < 4.78 is 1.60. The molecule has 124 valence electrons. The van der Waals surface area contributed by atoms with E-state index >= 15 is 0 Å². The van der Waals surface area contributed by atoms with Crippen molar-refractivity contribution in [2.45, 2.75) is 38.3 Å².